The van der Waals surface area contributed by atoms with Gasteiger partial charge in [0.15, 0.2) is 11.6 Å². The Bertz CT molecular complexity index is 392. The molecule has 0 aliphatic carbocycles. The topological polar surface area (TPSA) is 60.6 Å². The Labute approximate surface area is 121 Å². The smallest absolute Gasteiger partial charge is 0.171 e. The van der Waals surface area contributed by atoms with Crippen molar-refractivity contribution in [2.45, 2.75) is 32.3 Å². The predicted molar refractivity (Wildman–Crippen MR) is 80.3 cm³/mol. The van der Waals surface area contributed by atoms with Gasteiger partial charge < -0.3 is 20.1 Å². The van der Waals surface area contributed by atoms with Gasteiger partial charge in [0.1, 0.15) is 0 Å². The number of aromatic nitrogens is 1. The van der Waals surface area contributed by atoms with Gasteiger partial charge in [-0.15, -0.1) is 0 Å². The summed E-state index contributed by atoms with van der Waals surface area (Å²) >= 11 is 0. The summed E-state index contributed by atoms with van der Waals surface area (Å²) in [4.78, 5) is 6.75. The molecule has 0 aromatic carbocycles. The van der Waals surface area contributed by atoms with Gasteiger partial charge in [-0.3, -0.25) is 0 Å². The first-order valence-electron chi connectivity index (χ1n) is 7.49. The van der Waals surface area contributed by atoms with E-state index in [0.29, 0.717) is 19.3 Å². The van der Waals surface area contributed by atoms with Crippen LogP contribution in [-0.2, 0) is 4.74 Å². The van der Waals surface area contributed by atoms with Crippen molar-refractivity contribution < 1.29 is 9.47 Å². The number of ether oxygens (including phenoxy) is 2. The minimum absolute atomic E-state index is 0.358. The number of hydrogen-bond acceptors (Lipinski definition) is 5. The van der Waals surface area contributed by atoms with Crippen LogP contribution >= 0.6 is 0 Å². The normalized spacial score (nSPS) is 16.4. The molecule has 2 heterocycles. The molecule has 0 unspecified atom stereocenters. The molecule has 0 spiro atoms. The van der Waals surface area contributed by atoms with Crippen LogP contribution in [0.15, 0.2) is 18.3 Å². The number of nitrogens with two attached hydrogens (primary N) is 1. The summed E-state index contributed by atoms with van der Waals surface area (Å²) in [5.74, 6) is 1.83. The van der Waals surface area contributed by atoms with Crippen LogP contribution in [0.25, 0.3) is 0 Å². The highest BCUT2D eigenvalue weighted by Gasteiger charge is 2.22. The summed E-state index contributed by atoms with van der Waals surface area (Å²) in [5.41, 5.74) is 5.48. The molecule has 0 saturated carbocycles. The second-order valence-electron chi connectivity index (χ2n) is 4.96. The Balaban J connectivity index is 1.87. The lowest BCUT2D eigenvalue weighted by Gasteiger charge is -2.33. The highest BCUT2D eigenvalue weighted by atomic mass is 16.5. The highest BCUT2D eigenvalue weighted by molar-refractivity contribution is 5.52. The van der Waals surface area contributed by atoms with Crippen LogP contribution in [0.1, 0.15) is 26.2 Å². The summed E-state index contributed by atoms with van der Waals surface area (Å²) in [7, 11) is 0. The minimum Gasteiger partial charge on any atom is -0.490 e. The fraction of sp³-hybridized carbons (Fsp3) is 0.667. The lowest BCUT2D eigenvalue weighted by atomic mass is 10.1. The van der Waals surface area contributed by atoms with Gasteiger partial charge in [0, 0.05) is 25.9 Å². The first-order chi connectivity index (χ1) is 9.85. The SMILES string of the molecule is CCOc1cccnc1N1CCC(OCCCN)CC1. The van der Waals surface area contributed by atoms with Crippen molar-refractivity contribution in [1.29, 1.82) is 0 Å². The van der Waals surface area contributed by atoms with Gasteiger partial charge >= 0.3 is 0 Å². The van der Waals surface area contributed by atoms with Crippen LogP contribution in [-0.4, -0.2) is 43.9 Å². The Morgan fingerprint density at radius 1 is 1.40 bits per heavy atom. The van der Waals surface area contributed by atoms with Crippen molar-refractivity contribution in [3.05, 3.63) is 18.3 Å². The Kier molecular flexibility index (Phi) is 6.08. The zero-order chi connectivity index (χ0) is 14.2. The Morgan fingerprint density at radius 2 is 2.20 bits per heavy atom. The second-order valence-corrected chi connectivity index (χ2v) is 4.96. The lowest BCUT2D eigenvalue weighted by molar-refractivity contribution is 0.0365. The summed E-state index contributed by atoms with van der Waals surface area (Å²) in [6.45, 7) is 6.06. The maximum atomic E-state index is 5.83. The molecule has 1 aliphatic heterocycles. The molecule has 0 atom stereocenters. The third-order valence-electron chi connectivity index (χ3n) is 3.49. The molecule has 112 valence electrons. The van der Waals surface area contributed by atoms with Crippen LogP contribution in [0.5, 0.6) is 5.75 Å². The van der Waals surface area contributed by atoms with Crippen LogP contribution in [0.3, 0.4) is 0 Å². The first kappa shape index (κ1) is 15.1. The monoisotopic (exact) mass is 279 g/mol. The van der Waals surface area contributed by atoms with Crippen molar-refractivity contribution >= 4 is 5.82 Å². The van der Waals surface area contributed by atoms with Crippen LogP contribution in [0.2, 0.25) is 0 Å². The fourth-order valence-corrected chi connectivity index (χ4v) is 2.46. The number of nitrogens with zero attached hydrogens (tertiary/aromatic N) is 2. The van der Waals surface area contributed by atoms with E-state index in [1.165, 1.54) is 0 Å². The molecular formula is C15H25N3O2. The molecule has 1 aliphatic rings. The van der Waals surface area contributed by atoms with E-state index in [4.69, 9.17) is 15.2 Å². The third-order valence-corrected chi connectivity index (χ3v) is 3.49. The molecule has 1 aromatic rings. The second kappa shape index (κ2) is 8.07. The van der Waals surface area contributed by atoms with Crippen molar-refractivity contribution in [3.8, 4) is 5.75 Å². The number of pyridine rings is 1. The fourth-order valence-electron chi connectivity index (χ4n) is 2.46. The summed E-state index contributed by atoms with van der Waals surface area (Å²) in [5, 5.41) is 0. The largest absolute Gasteiger partial charge is 0.490 e. The summed E-state index contributed by atoms with van der Waals surface area (Å²) in [6, 6.07) is 3.90. The summed E-state index contributed by atoms with van der Waals surface area (Å²) in [6.07, 6.45) is 5.19. The molecule has 0 amide bonds. The maximum absolute atomic E-state index is 5.83. The average Bonchev–Trinajstić information content (AvgIpc) is 2.49. The van der Waals surface area contributed by atoms with E-state index in [9.17, 15) is 0 Å². The number of rotatable bonds is 7. The molecule has 1 fully saturated rings. The molecule has 0 bridgehead atoms. The van der Waals surface area contributed by atoms with Crippen molar-refractivity contribution in [2.24, 2.45) is 5.73 Å². The molecule has 20 heavy (non-hydrogen) atoms. The molecular weight excluding hydrogens is 254 g/mol. The molecule has 5 heteroatoms. The van der Waals surface area contributed by atoms with E-state index in [-0.39, 0.29) is 0 Å². The standard InChI is InChI=1S/C15H25N3O2/c1-2-19-14-5-3-9-17-15(14)18-10-6-13(7-11-18)20-12-4-8-16/h3,5,9,13H,2,4,6-8,10-12,16H2,1H3. The summed E-state index contributed by atoms with van der Waals surface area (Å²) < 4.78 is 11.5. The maximum Gasteiger partial charge on any atom is 0.171 e. The molecule has 5 nitrogen and oxygen atoms in total. The van der Waals surface area contributed by atoms with E-state index in [1.54, 1.807) is 0 Å². The number of piperidine rings is 1. The quantitative estimate of drug-likeness (QED) is 0.771. The zero-order valence-corrected chi connectivity index (χ0v) is 12.3. The molecule has 2 N–H and O–H groups in total. The van der Waals surface area contributed by atoms with E-state index < -0.39 is 0 Å². The Hall–Kier alpha value is -1.33. The van der Waals surface area contributed by atoms with E-state index >= 15 is 0 Å². The van der Waals surface area contributed by atoms with Gasteiger partial charge in [0.25, 0.3) is 0 Å². The van der Waals surface area contributed by atoms with Gasteiger partial charge in [-0.05, 0) is 44.9 Å². The van der Waals surface area contributed by atoms with Gasteiger partial charge in [-0.25, -0.2) is 4.98 Å². The molecule has 2 rings (SSSR count). The highest BCUT2D eigenvalue weighted by Crippen LogP contribution is 2.28. The van der Waals surface area contributed by atoms with Gasteiger partial charge in [-0.2, -0.15) is 0 Å². The van der Waals surface area contributed by atoms with Crippen molar-refractivity contribution in [1.82, 2.24) is 4.98 Å². The average molecular weight is 279 g/mol. The predicted octanol–water partition coefficient (Wildman–Crippen LogP) is 1.81. The third kappa shape index (κ3) is 4.08. The molecule has 1 aromatic heterocycles. The first-order valence-corrected chi connectivity index (χ1v) is 7.49. The minimum atomic E-state index is 0.358. The van der Waals surface area contributed by atoms with Gasteiger partial charge in [-0.1, -0.05) is 0 Å². The van der Waals surface area contributed by atoms with E-state index in [1.807, 2.05) is 25.3 Å². The van der Waals surface area contributed by atoms with Gasteiger partial charge in [0.2, 0.25) is 0 Å². The van der Waals surface area contributed by atoms with Gasteiger partial charge in [0.05, 0.1) is 12.7 Å². The van der Waals surface area contributed by atoms with Crippen molar-refractivity contribution in [2.75, 3.05) is 37.7 Å². The van der Waals surface area contributed by atoms with E-state index in [0.717, 1.165) is 50.5 Å². The lowest BCUT2D eigenvalue weighted by Crippen LogP contribution is -2.38. The van der Waals surface area contributed by atoms with Crippen LogP contribution in [0.4, 0.5) is 5.82 Å². The van der Waals surface area contributed by atoms with Crippen LogP contribution < -0.4 is 15.4 Å². The van der Waals surface area contributed by atoms with Crippen LogP contribution in [0, 0.1) is 0 Å². The number of anilines is 1. The van der Waals surface area contributed by atoms with E-state index in [2.05, 4.69) is 9.88 Å². The zero-order valence-electron chi connectivity index (χ0n) is 12.3. The molecule has 0 radical (unpaired) electrons. The van der Waals surface area contributed by atoms with Crippen molar-refractivity contribution in [3.63, 3.8) is 0 Å². The molecule has 1 saturated heterocycles. The Morgan fingerprint density at radius 3 is 2.90 bits per heavy atom. The number of hydrogen-bond donors (Lipinski definition) is 1.